The predicted molar refractivity (Wildman–Crippen MR) is 91.1 cm³/mol. The van der Waals surface area contributed by atoms with Gasteiger partial charge in [0.2, 0.25) is 10.0 Å². The summed E-state index contributed by atoms with van der Waals surface area (Å²) in [4.78, 5) is 5.02. The molecule has 134 valence electrons. The van der Waals surface area contributed by atoms with Crippen molar-refractivity contribution < 1.29 is 22.5 Å². The fourth-order valence-corrected chi connectivity index (χ4v) is 4.08. The largest absolute Gasteiger partial charge is 0.379 e. The van der Waals surface area contributed by atoms with Crippen LogP contribution in [-0.4, -0.2) is 46.1 Å². The van der Waals surface area contributed by atoms with Gasteiger partial charge in [0.1, 0.15) is 23.5 Å². The highest BCUT2D eigenvalue weighted by Crippen LogP contribution is 2.18. The van der Waals surface area contributed by atoms with Crippen LogP contribution in [0.15, 0.2) is 47.5 Å². The molecule has 1 fully saturated rings. The third-order valence-electron chi connectivity index (χ3n) is 4.15. The molecule has 1 aromatic carbocycles. The smallest absolute Gasteiger partial charge is 0.274 e. The van der Waals surface area contributed by atoms with Crippen LogP contribution in [0.2, 0.25) is 0 Å². The Morgan fingerprint density at radius 3 is 2.56 bits per heavy atom. The molecule has 0 atom stereocenters. The van der Waals surface area contributed by atoms with Crippen molar-refractivity contribution in [1.82, 2.24) is 4.31 Å². The molecule has 2 aromatic rings. The number of pyridine rings is 1. The number of ether oxygens (including phenoxy) is 1. The third kappa shape index (κ3) is 3.97. The molecule has 0 saturated carbocycles. The summed E-state index contributed by atoms with van der Waals surface area (Å²) in [6.07, 6.45) is 1.47. The number of halogens is 1. The van der Waals surface area contributed by atoms with Crippen LogP contribution in [0.3, 0.4) is 0 Å². The molecule has 8 heteroatoms. The van der Waals surface area contributed by atoms with Crippen molar-refractivity contribution in [3.8, 4) is 0 Å². The molecule has 0 aliphatic carbocycles. The van der Waals surface area contributed by atoms with Gasteiger partial charge in [0.05, 0.1) is 20.3 Å². The summed E-state index contributed by atoms with van der Waals surface area (Å²) in [6, 6.07) is 9.83. The summed E-state index contributed by atoms with van der Waals surface area (Å²) in [6.45, 7) is 1.91. The molecule has 6 nitrogen and oxygen atoms in total. The molecule has 0 unspecified atom stereocenters. The Labute approximate surface area is 146 Å². The quantitative estimate of drug-likeness (QED) is 0.800. The lowest BCUT2D eigenvalue weighted by atomic mass is 10.2. The Morgan fingerprint density at radius 2 is 1.92 bits per heavy atom. The monoisotopic (exact) mass is 366 g/mol. The molecule has 0 radical (unpaired) electrons. The van der Waals surface area contributed by atoms with Crippen molar-refractivity contribution in [3.05, 3.63) is 54.0 Å². The van der Waals surface area contributed by atoms with E-state index in [4.69, 9.17) is 4.74 Å². The first-order valence-electron chi connectivity index (χ1n) is 8.02. The van der Waals surface area contributed by atoms with E-state index < -0.39 is 10.0 Å². The first-order chi connectivity index (χ1) is 12.0. The van der Waals surface area contributed by atoms with Gasteiger partial charge in [-0.25, -0.2) is 17.8 Å². The molecule has 1 N–H and O–H groups in total. The lowest BCUT2D eigenvalue weighted by Gasteiger charge is -2.25. The summed E-state index contributed by atoms with van der Waals surface area (Å²) in [5, 5.41) is 0. The van der Waals surface area contributed by atoms with E-state index in [9.17, 15) is 12.8 Å². The van der Waals surface area contributed by atoms with E-state index in [-0.39, 0.29) is 10.7 Å². The first kappa shape index (κ1) is 17.8. The van der Waals surface area contributed by atoms with Crippen molar-refractivity contribution in [1.29, 1.82) is 0 Å². The normalized spacial score (nSPS) is 15.9. The fraction of sp³-hybridized carbons (Fsp3) is 0.353. The highest BCUT2D eigenvalue weighted by atomic mass is 32.2. The fourth-order valence-electron chi connectivity index (χ4n) is 2.70. The number of anilines is 1. The van der Waals surface area contributed by atoms with Crippen LogP contribution in [-0.2, 0) is 21.3 Å². The molecule has 1 aromatic heterocycles. The van der Waals surface area contributed by atoms with Crippen molar-refractivity contribution in [2.24, 2.45) is 0 Å². The Kier molecular flexibility index (Phi) is 5.31. The molecule has 0 bridgehead atoms. The Bertz CT molecular complexity index is 821. The van der Waals surface area contributed by atoms with E-state index in [1.165, 1.54) is 16.6 Å². The molecular formula is C17H21FN3O3S+. The number of nitrogens with one attached hydrogen (secondary N) is 1. The molecule has 1 aliphatic rings. The van der Waals surface area contributed by atoms with Gasteiger partial charge < -0.3 is 4.74 Å². The maximum absolute atomic E-state index is 13.8. The van der Waals surface area contributed by atoms with E-state index in [0.717, 1.165) is 0 Å². The van der Waals surface area contributed by atoms with Crippen molar-refractivity contribution in [3.63, 3.8) is 0 Å². The molecule has 2 heterocycles. The number of morpholine rings is 1. The molecule has 0 amide bonds. The minimum absolute atomic E-state index is 0.206. The number of hydrogen-bond acceptors (Lipinski definition) is 4. The molecule has 25 heavy (non-hydrogen) atoms. The second kappa shape index (κ2) is 7.47. The van der Waals surface area contributed by atoms with E-state index in [0.29, 0.717) is 44.2 Å². The van der Waals surface area contributed by atoms with Crippen molar-refractivity contribution in [2.45, 2.75) is 11.4 Å². The van der Waals surface area contributed by atoms with Crippen LogP contribution in [0.25, 0.3) is 0 Å². The summed E-state index contributed by atoms with van der Waals surface area (Å²) in [7, 11) is -1.71. The van der Waals surface area contributed by atoms with Gasteiger partial charge in [0.25, 0.3) is 5.82 Å². The van der Waals surface area contributed by atoms with Crippen LogP contribution >= 0.6 is 0 Å². The van der Waals surface area contributed by atoms with Crippen molar-refractivity contribution >= 4 is 15.8 Å². The summed E-state index contributed by atoms with van der Waals surface area (Å²) in [5.74, 6) is 0.435. The number of aromatic amines is 1. The SMILES string of the molecule is CN(Cc1ccccc1F)c1ccc(S(=O)(=O)N2CCOCC2)c[nH+]1. The van der Waals surface area contributed by atoms with E-state index in [1.807, 2.05) is 11.9 Å². The highest BCUT2D eigenvalue weighted by Gasteiger charge is 2.27. The zero-order valence-electron chi connectivity index (χ0n) is 14.0. The van der Waals surface area contributed by atoms with Gasteiger partial charge in [-0.3, -0.25) is 4.90 Å². The number of H-pyrrole nitrogens is 1. The topological polar surface area (TPSA) is 64.0 Å². The van der Waals surface area contributed by atoms with Crippen LogP contribution in [0, 0.1) is 5.82 Å². The number of rotatable bonds is 5. The molecular weight excluding hydrogens is 345 g/mol. The first-order valence-corrected chi connectivity index (χ1v) is 9.46. The second-order valence-electron chi connectivity index (χ2n) is 5.87. The van der Waals surface area contributed by atoms with Gasteiger partial charge in [-0.15, -0.1) is 0 Å². The minimum atomic E-state index is -3.53. The summed E-state index contributed by atoms with van der Waals surface area (Å²) >= 11 is 0. The van der Waals surface area contributed by atoms with Gasteiger partial charge in [0.15, 0.2) is 0 Å². The average molecular weight is 366 g/mol. The molecule has 3 rings (SSSR count). The van der Waals surface area contributed by atoms with Crippen LogP contribution in [0.4, 0.5) is 10.2 Å². The summed E-state index contributed by atoms with van der Waals surface area (Å²) < 4.78 is 45.6. The van der Waals surface area contributed by atoms with Gasteiger partial charge in [0, 0.05) is 24.7 Å². The van der Waals surface area contributed by atoms with Gasteiger partial charge >= 0.3 is 0 Å². The van der Waals surface area contributed by atoms with E-state index in [1.54, 1.807) is 30.3 Å². The molecule has 1 saturated heterocycles. The Morgan fingerprint density at radius 1 is 1.20 bits per heavy atom. The summed E-state index contributed by atoms with van der Waals surface area (Å²) in [5.41, 5.74) is 0.573. The van der Waals surface area contributed by atoms with Crippen LogP contribution in [0.5, 0.6) is 0 Å². The lowest BCUT2D eigenvalue weighted by Crippen LogP contribution is -2.41. The number of sulfonamides is 1. The lowest BCUT2D eigenvalue weighted by molar-refractivity contribution is -0.367. The molecule has 1 aliphatic heterocycles. The average Bonchev–Trinajstić information content (AvgIpc) is 2.64. The third-order valence-corrected chi connectivity index (χ3v) is 6.05. The zero-order valence-corrected chi connectivity index (χ0v) is 14.8. The zero-order chi connectivity index (χ0) is 17.9. The van der Waals surface area contributed by atoms with Crippen LogP contribution in [0.1, 0.15) is 5.56 Å². The van der Waals surface area contributed by atoms with Gasteiger partial charge in [-0.05, 0) is 12.1 Å². The maximum Gasteiger partial charge on any atom is 0.274 e. The Hall–Kier alpha value is -2.03. The maximum atomic E-state index is 13.8. The van der Waals surface area contributed by atoms with E-state index in [2.05, 4.69) is 4.98 Å². The number of aromatic nitrogens is 1. The van der Waals surface area contributed by atoms with Crippen molar-refractivity contribution in [2.75, 3.05) is 38.3 Å². The van der Waals surface area contributed by atoms with Gasteiger partial charge in [-0.2, -0.15) is 4.31 Å². The Balaban J connectivity index is 1.74. The number of hydrogen-bond donors (Lipinski definition) is 0. The standard InChI is InChI=1S/C17H20FN3O3S/c1-20(13-14-4-2-3-5-16(14)18)17-7-6-15(12-19-17)25(22,23)21-8-10-24-11-9-21/h2-7,12H,8-11,13H2,1H3/p+1. The molecule has 0 spiro atoms. The number of benzene rings is 1. The highest BCUT2D eigenvalue weighted by molar-refractivity contribution is 7.89. The van der Waals surface area contributed by atoms with E-state index >= 15 is 0 Å². The van der Waals surface area contributed by atoms with Gasteiger partial charge in [-0.1, -0.05) is 18.2 Å². The predicted octanol–water partition coefficient (Wildman–Crippen LogP) is 1.30. The van der Waals surface area contributed by atoms with Crippen LogP contribution < -0.4 is 9.88 Å². The number of nitrogens with zero attached hydrogens (tertiary/aromatic N) is 2. The minimum Gasteiger partial charge on any atom is -0.379 e. The second-order valence-corrected chi connectivity index (χ2v) is 7.81.